The SMILES string of the molecule is CCOCC(N)C1CCC(C)C1. The lowest BCUT2D eigenvalue weighted by atomic mass is 9.98. The van der Waals surface area contributed by atoms with E-state index in [9.17, 15) is 0 Å². The minimum atomic E-state index is 0.273. The van der Waals surface area contributed by atoms with Gasteiger partial charge in [-0.05, 0) is 31.6 Å². The molecule has 12 heavy (non-hydrogen) atoms. The first-order valence-electron chi connectivity index (χ1n) is 5.07. The number of hydrogen-bond acceptors (Lipinski definition) is 2. The van der Waals surface area contributed by atoms with Gasteiger partial charge in [0, 0.05) is 12.6 Å². The fraction of sp³-hybridized carbons (Fsp3) is 1.00. The molecule has 1 saturated carbocycles. The monoisotopic (exact) mass is 171 g/mol. The van der Waals surface area contributed by atoms with Gasteiger partial charge in [-0.25, -0.2) is 0 Å². The molecule has 0 aromatic heterocycles. The second-order valence-electron chi connectivity index (χ2n) is 4.00. The van der Waals surface area contributed by atoms with Gasteiger partial charge >= 0.3 is 0 Å². The summed E-state index contributed by atoms with van der Waals surface area (Å²) < 4.78 is 5.32. The molecule has 0 heterocycles. The standard InChI is InChI=1S/C10H21NO/c1-3-12-7-10(11)9-5-4-8(2)6-9/h8-10H,3-7,11H2,1-2H3. The summed E-state index contributed by atoms with van der Waals surface area (Å²) in [6.45, 7) is 5.86. The van der Waals surface area contributed by atoms with Crippen molar-refractivity contribution in [3.8, 4) is 0 Å². The number of rotatable bonds is 4. The van der Waals surface area contributed by atoms with Crippen LogP contribution in [0.4, 0.5) is 0 Å². The minimum absolute atomic E-state index is 0.273. The number of ether oxygens (including phenoxy) is 1. The maximum absolute atomic E-state index is 6.00. The third-order valence-corrected chi connectivity index (χ3v) is 2.86. The van der Waals surface area contributed by atoms with Crippen molar-refractivity contribution in [2.75, 3.05) is 13.2 Å². The van der Waals surface area contributed by atoms with E-state index in [4.69, 9.17) is 10.5 Å². The molecule has 72 valence electrons. The van der Waals surface area contributed by atoms with Gasteiger partial charge in [0.15, 0.2) is 0 Å². The van der Waals surface area contributed by atoms with E-state index in [-0.39, 0.29) is 6.04 Å². The first kappa shape index (κ1) is 10.0. The summed E-state index contributed by atoms with van der Waals surface area (Å²) in [6, 6.07) is 0.273. The molecule has 1 rings (SSSR count). The van der Waals surface area contributed by atoms with Crippen molar-refractivity contribution in [3.05, 3.63) is 0 Å². The Morgan fingerprint density at radius 3 is 2.75 bits per heavy atom. The van der Waals surface area contributed by atoms with E-state index in [1.807, 2.05) is 6.92 Å². The highest BCUT2D eigenvalue weighted by atomic mass is 16.5. The van der Waals surface area contributed by atoms with E-state index in [1.54, 1.807) is 0 Å². The van der Waals surface area contributed by atoms with Crippen molar-refractivity contribution in [1.29, 1.82) is 0 Å². The van der Waals surface area contributed by atoms with Crippen LogP contribution in [-0.2, 0) is 4.74 Å². The van der Waals surface area contributed by atoms with Crippen LogP contribution < -0.4 is 5.73 Å². The molecule has 0 aromatic rings. The molecule has 0 bridgehead atoms. The normalized spacial score (nSPS) is 32.2. The van der Waals surface area contributed by atoms with E-state index in [0.29, 0.717) is 5.92 Å². The number of nitrogens with two attached hydrogens (primary N) is 1. The summed E-state index contributed by atoms with van der Waals surface area (Å²) in [5.41, 5.74) is 6.00. The first-order valence-corrected chi connectivity index (χ1v) is 5.07. The van der Waals surface area contributed by atoms with Crippen molar-refractivity contribution in [2.24, 2.45) is 17.6 Å². The van der Waals surface area contributed by atoms with Gasteiger partial charge in [-0.1, -0.05) is 13.3 Å². The van der Waals surface area contributed by atoms with Crippen molar-refractivity contribution in [1.82, 2.24) is 0 Å². The smallest absolute Gasteiger partial charge is 0.0620 e. The number of hydrogen-bond donors (Lipinski definition) is 1. The second kappa shape index (κ2) is 4.83. The van der Waals surface area contributed by atoms with E-state index < -0.39 is 0 Å². The molecule has 0 radical (unpaired) electrons. The molecular formula is C10H21NO. The van der Waals surface area contributed by atoms with Gasteiger partial charge < -0.3 is 10.5 Å². The van der Waals surface area contributed by atoms with Gasteiger partial charge in [-0.3, -0.25) is 0 Å². The Balaban J connectivity index is 2.18. The largest absolute Gasteiger partial charge is 0.380 e. The van der Waals surface area contributed by atoms with Crippen LogP contribution in [0.3, 0.4) is 0 Å². The lowest BCUT2D eigenvalue weighted by Crippen LogP contribution is -2.33. The Bertz CT molecular complexity index is 127. The Kier molecular flexibility index (Phi) is 4.02. The van der Waals surface area contributed by atoms with Gasteiger partial charge in [-0.15, -0.1) is 0 Å². The minimum Gasteiger partial charge on any atom is -0.380 e. The molecule has 0 aromatic carbocycles. The molecule has 0 spiro atoms. The van der Waals surface area contributed by atoms with E-state index in [2.05, 4.69) is 6.92 Å². The van der Waals surface area contributed by atoms with Crippen molar-refractivity contribution in [2.45, 2.75) is 39.2 Å². The molecule has 1 aliphatic carbocycles. The zero-order valence-corrected chi connectivity index (χ0v) is 8.25. The summed E-state index contributed by atoms with van der Waals surface area (Å²) in [6.07, 6.45) is 3.95. The fourth-order valence-corrected chi connectivity index (χ4v) is 2.03. The third-order valence-electron chi connectivity index (χ3n) is 2.86. The molecule has 3 unspecified atom stereocenters. The van der Waals surface area contributed by atoms with E-state index in [0.717, 1.165) is 19.1 Å². The van der Waals surface area contributed by atoms with Gasteiger partial charge in [-0.2, -0.15) is 0 Å². The molecule has 0 amide bonds. The van der Waals surface area contributed by atoms with E-state index >= 15 is 0 Å². The first-order chi connectivity index (χ1) is 5.74. The van der Waals surface area contributed by atoms with Crippen LogP contribution in [0.1, 0.15) is 33.1 Å². The van der Waals surface area contributed by atoms with Crippen LogP contribution in [0.2, 0.25) is 0 Å². The highest BCUT2D eigenvalue weighted by Crippen LogP contribution is 2.31. The Morgan fingerprint density at radius 2 is 2.25 bits per heavy atom. The molecule has 0 saturated heterocycles. The summed E-state index contributed by atoms with van der Waals surface area (Å²) in [7, 11) is 0. The second-order valence-corrected chi connectivity index (χ2v) is 4.00. The fourth-order valence-electron chi connectivity index (χ4n) is 2.03. The summed E-state index contributed by atoms with van der Waals surface area (Å²) in [5.74, 6) is 1.59. The van der Waals surface area contributed by atoms with Crippen molar-refractivity contribution in [3.63, 3.8) is 0 Å². The van der Waals surface area contributed by atoms with Crippen LogP contribution >= 0.6 is 0 Å². The Morgan fingerprint density at radius 1 is 1.50 bits per heavy atom. The molecule has 2 N–H and O–H groups in total. The van der Waals surface area contributed by atoms with Gasteiger partial charge in [0.1, 0.15) is 0 Å². The van der Waals surface area contributed by atoms with Crippen LogP contribution in [-0.4, -0.2) is 19.3 Å². The maximum Gasteiger partial charge on any atom is 0.0620 e. The lowest BCUT2D eigenvalue weighted by Gasteiger charge is -2.18. The quantitative estimate of drug-likeness (QED) is 0.700. The van der Waals surface area contributed by atoms with Gasteiger partial charge in [0.05, 0.1) is 6.61 Å². The average molecular weight is 171 g/mol. The van der Waals surface area contributed by atoms with Crippen molar-refractivity contribution < 1.29 is 4.74 Å². The Labute approximate surface area is 75.5 Å². The van der Waals surface area contributed by atoms with Crippen LogP contribution in [0.25, 0.3) is 0 Å². The molecule has 3 atom stereocenters. The predicted molar refractivity (Wildman–Crippen MR) is 51.0 cm³/mol. The third kappa shape index (κ3) is 2.76. The predicted octanol–water partition coefficient (Wildman–Crippen LogP) is 1.79. The topological polar surface area (TPSA) is 35.2 Å². The summed E-state index contributed by atoms with van der Waals surface area (Å²) in [4.78, 5) is 0. The molecule has 2 nitrogen and oxygen atoms in total. The summed E-state index contributed by atoms with van der Waals surface area (Å²) in [5, 5.41) is 0. The van der Waals surface area contributed by atoms with Crippen LogP contribution in [0.15, 0.2) is 0 Å². The highest BCUT2D eigenvalue weighted by molar-refractivity contribution is 4.80. The maximum atomic E-state index is 6.00. The molecule has 1 fully saturated rings. The average Bonchev–Trinajstić information content (AvgIpc) is 2.47. The zero-order chi connectivity index (χ0) is 8.97. The van der Waals surface area contributed by atoms with Gasteiger partial charge in [0.2, 0.25) is 0 Å². The highest BCUT2D eigenvalue weighted by Gasteiger charge is 2.26. The van der Waals surface area contributed by atoms with Crippen LogP contribution in [0.5, 0.6) is 0 Å². The van der Waals surface area contributed by atoms with Crippen molar-refractivity contribution >= 4 is 0 Å². The van der Waals surface area contributed by atoms with E-state index in [1.165, 1.54) is 19.3 Å². The Hall–Kier alpha value is -0.0800. The molecular weight excluding hydrogens is 150 g/mol. The van der Waals surface area contributed by atoms with Crippen LogP contribution in [0, 0.1) is 11.8 Å². The zero-order valence-electron chi connectivity index (χ0n) is 8.25. The molecule has 0 aliphatic heterocycles. The summed E-state index contributed by atoms with van der Waals surface area (Å²) >= 11 is 0. The molecule has 1 aliphatic rings. The molecule has 2 heteroatoms. The lowest BCUT2D eigenvalue weighted by molar-refractivity contribution is 0.116. The van der Waals surface area contributed by atoms with Gasteiger partial charge in [0.25, 0.3) is 0 Å².